The summed E-state index contributed by atoms with van der Waals surface area (Å²) in [5.74, 6) is -0.493. The van der Waals surface area contributed by atoms with Crippen LogP contribution < -0.4 is 11.1 Å². The molecule has 0 aromatic heterocycles. The minimum atomic E-state index is -0.779. The molecule has 1 atom stereocenters. The molecule has 1 unspecified atom stereocenters. The second-order valence-electron chi connectivity index (χ2n) is 5.86. The van der Waals surface area contributed by atoms with Crippen molar-refractivity contribution in [1.29, 1.82) is 0 Å². The summed E-state index contributed by atoms with van der Waals surface area (Å²) in [6, 6.07) is 6.29. The average Bonchev–Trinajstić information content (AvgIpc) is 3.26. The van der Waals surface area contributed by atoms with Crippen LogP contribution in [0.1, 0.15) is 35.7 Å². The van der Waals surface area contributed by atoms with Gasteiger partial charge in [0.25, 0.3) is 5.91 Å². The molecular weight excluding hydrogens is 270 g/mol. The Hall–Kier alpha value is -2.37. The van der Waals surface area contributed by atoms with Gasteiger partial charge < -0.3 is 11.1 Å². The van der Waals surface area contributed by atoms with E-state index in [9.17, 15) is 14.4 Å². The number of nitrogens with two attached hydrogens (primary N) is 1. The standard InChI is InChI=1S/C15H17N3O3/c1-15(11-5-6-11)13(20)18(14(21)17-15)8-9-3-2-4-10(7-9)12(16)19/h2-4,7,11H,5-6,8H2,1H3,(H2,16,19)(H,17,21). The fourth-order valence-corrected chi connectivity index (χ4v) is 2.80. The molecule has 1 heterocycles. The Kier molecular flexibility index (Phi) is 2.97. The van der Waals surface area contributed by atoms with Crippen LogP contribution in [0.5, 0.6) is 0 Å². The van der Waals surface area contributed by atoms with Crippen LogP contribution in [0.2, 0.25) is 0 Å². The second kappa shape index (κ2) is 4.58. The van der Waals surface area contributed by atoms with Crippen molar-refractivity contribution < 1.29 is 14.4 Å². The molecule has 21 heavy (non-hydrogen) atoms. The van der Waals surface area contributed by atoms with Gasteiger partial charge in [0.1, 0.15) is 5.54 Å². The number of rotatable bonds is 4. The normalized spacial score (nSPS) is 25.1. The SMILES string of the molecule is CC1(C2CC2)NC(=O)N(Cc2cccc(C(N)=O)c2)C1=O. The lowest BCUT2D eigenvalue weighted by Crippen LogP contribution is -2.46. The lowest BCUT2D eigenvalue weighted by atomic mass is 9.96. The van der Waals surface area contributed by atoms with Gasteiger partial charge in [-0.3, -0.25) is 14.5 Å². The molecule has 4 amide bonds. The van der Waals surface area contributed by atoms with Crippen molar-refractivity contribution in [2.75, 3.05) is 0 Å². The highest BCUT2D eigenvalue weighted by Crippen LogP contribution is 2.42. The third-order valence-electron chi connectivity index (χ3n) is 4.25. The number of nitrogens with one attached hydrogen (secondary N) is 1. The van der Waals surface area contributed by atoms with E-state index in [0.717, 1.165) is 12.8 Å². The fourth-order valence-electron chi connectivity index (χ4n) is 2.80. The van der Waals surface area contributed by atoms with Crippen LogP contribution in [0.15, 0.2) is 24.3 Å². The first kappa shape index (κ1) is 13.6. The lowest BCUT2D eigenvalue weighted by molar-refractivity contribution is -0.131. The smallest absolute Gasteiger partial charge is 0.325 e. The zero-order chi connectivity index (χ0) is 15.2. The Morgan fingerprint density at radius 3 is 2.76 bits per heavy atom. The molecule has 6 heteroatoms. The maximum atomic E-state index is 12.5. The summed E-state index contributed by atoms with van der Waals surface area (Å²) < 4.78 is 0. The van der Waals surface area contributed by atoms with E-state index in [-0.39, 0.29) is 24.4 Å². The molecule has 3 N–H and O–H groups in total. The van der Waals surface area contributed by atoms with Crippen LogP contribution in [0.25, 0.3) is 0 Å². The second-order valence-corrected chi connectivity index (χ2v) is 5.86. The van der Waals surface area contributed by atoms with Crippen LogP contribution in [-0.4, -0.2) is 28.3 Å². The summed E-state index contributed by atoms with van der Waals surface area (Å²) in [6.07, 6.45) is 1.93. The van der Waals surface area contributed by atoms with Crippen molar-refractivity contribution in [1.82, 2.24) is 10.2 Å². The topological polar surface area (TPSA) is 92.5 Å². The van der Waals surface area contributed by atoms with Crippen LogP contribution in [0.4, 0.5) is 4.79 Å². The lowest BCUT2D eigenvalue weighted by Gasteiger charge is -2.21. The number of primary amides is 1. The number of urea groups is 1. The predicted molar refractivity (Wildman–Crippen MR) is 75.2 cm³/mol. The Bertz CT molecular complexity index is 639. The summed E-state index contributed by atoms with van der Waals surface area (Å²) in [5, 5.41) is 2.80. The van der Waals surface area contributed by atoms with E-state index in [2.05, 4.69) is 5.32 Å². The van der Waals surface area contributed by atoms with Crippen molar-refractivity contribution in [3.63, 3.8) is 0 Å². The Labute approximate surface area is 122 Å². The van der Waals surface area contributed by atoms with Crippen molar-refractivity contribution >= 4 is 17.8 Å². The van der Waals surface area contributed by atoms with Gasteiger partial charge in [-0.05, 0) is 43.4 Å². The largest absolute Gasteiger partial charge is 0.366 e. The monoisotopic (exact) mass is 287 g/mol. The summed E-state index contributed by atoms with van der Waals surface area (Å²) in [6.45, 7) is 1.93. The number of amides is 4. The van der Waals surface area contributed by atoms with Crippen molar-refractivity contribution in [2.45, 2.75) is 31.8 Å². The molecule has 2 fully saturated rings. The van der Waals surface area contributed by atoms with Crippen LogP contribution in [0.3, 0.4) is 0 Å². The van der Waals surface area contributed by atoms with E-state index < -0.39 is 11.4 Å². The first-order valence-electron chi connectivity index (χ1n) is 6.94. The molecule has 1 aromatic rings. The van der Waals surface area contributed by atoms with Crippen molar-refractivity contribution in [2.24, 2.45) is 11.7 Å². The van der Waals surface area contributed by atoms with E-state index in [1.807, 2.05) is 0 Å². The first-order valence-corrected chi connectivity index (χ1v) is 6.94. The number of carbonyl (C=O) groups excluding carboxylic acids is 3. The van der Waals surface area contributed by atoms with E-state index in [1.54, 1.807) is 31.2 Å². The van der Waals surface area contributed by atoms with Gasteiger partial charge in [0.05, 0.1) is 6.54 Å². The number of imide groups is 1. The van der Waals surface area contributed by atoms with E-state index in [4.69, 9.17) is 5.73 Å². The predicted octanol–water partition coefficient (Wildman–Crippen LogP) is 1.01. The molecule has 0 radical (unpaired) electrons. The zero-order valence-corrected chi connectivity index (χ0v) is 11.8. The van der Waals surface area contributed by atoms with Gasteiger partial charge in [0.2, 0.25) is 5.91 Å². The number of hydrogen-bond donors (Lipinski definition) is 2. The molecule has 1 saturated heterocycles. The summed E-state index contributed by atoms with van der Waals surface area (Å²) in [4.78, 5) is 36.9. The summed E-state index contributed by atoms with van der Waals surface area (Å²) in [7, 11) is 0. The Morgan fingerprint density at radius 1 is 1.43 bits per heavy atom. The quantitative estimate of drug-likeness (QED) is 0.809. The average molecular weight is 287 g/mol. The number of hydrogen-bond acceptors (Lipinski definition) is 3. The maximum absolute atomic E-state index is 12.5. The van der Waals surface area contributed by atoms with Crippen molar-refractivity contribution in [3.05, 3.63) is 35.4 Å². The first-order chi connectivity index (χ1) is 9.91. The molecule has 2 aliphatic rings. The zero-order valence-electron chi connectivity index (χ0n) is 11.8. The van der Waals surface area contributed by atoms with E-state index in [0.29, 0.717) is 11.1 Å². The molecule has 6 nitrogen and oxygen atoms in total. The Balaban J connectivity index is 1.81. The molecule has 1 saturated carbocycles. The molecule has 1 aromatic carbocycles. The number of nitrogens with zero attached hydrogens (tertiary/aromatic N) is 1. The summed E-state index contributed by atoms with van der Waals surface area (Å²) >= 11 is 0. The molecular formula is C15H17N3O3. The minimum Gasteiger partial charge on any atom is -0.366 e. The van der Waals surface area contributed by atoms with E-state index in [1.165, 1.54) is 4.90 Å². The van der Waals surface area contributed by atoms with Gasteiger partial charge in [0, 0.05) is 5.56 Å². The van der Waals surface area contributed by atoms with Gasteiger partial charge in [-0.15, -0.1) is 0 Å². The maximum Gasteiger partial charge on any atom is 0.325 e. The van der Waals surface area contributed by atoms with Gasteiger partial charge in [-0.25, -0.2) is 4.79 Å². The highest BCUT2D eigenvalue weighted by atomic mass is 16.2. The van der Waals surface area contributed by atoms with Crippen LogP contribution >= 0.6 is 0 Å². The number of carbonyl (C=O) groups is 3. The van der Waals surface area contributed by atoms with Gasteiger partial charge in [0.15, 0.2) is 0 Å². The Morgan fingerprint density at radius 2 is 2.14 bits per heavy atom. The van der Waals surface area contributed by atoms with Gasteiger partial charge in [-0.2, -0.15) is 0 Å². The molecule has 0 spiro atoms. The fraction of sp³-hybridized carbons (Fsp3) is 0.400. The van der Waals surface area contributed by atoms with E-state index >= 15 is 0 Å². The highest BCUT2D eigenvalue weighted by Gasteiger charge is 2.55. The van der Waals surface area contributed by atoms with Crippen LogP contribution in [-0.2, 0) is 11.3 Å². The molecule has 1 aliphatic carbocycles. The minimum absolute atomic E-state index is 0.147. The van der Waals surface area contributed by atoms with Gasteiger partial charge >= 0.3 is 6.03 Å². The van der Waals surface area contributed by atoms with Gasteiger partial charge in [-0.1, -0.05) is 12.1 Å². The number of benzene rings is 1. The third-order valence-corrected chi connectivity index (χ3v) is 4.25. The summed E-state index contributed by atoms with van der Waals surface area (Å²) in [5.41, 5.74) is 5.53. The molecule has 1 aliphatic heterocycles. The molecule has 3 rings (SSSR count). The third kappa shape index (κ3) is 2.26. The molecule has 0 bridgehead atoms. The van der Waals surface area contributed by atoms with Crippen LogP contribution in [0, 0.1) is 5.92 Å². The molecule has 110 valence electrons. The van der Waals surface area contributed by atoms with Crippen molar-refractivity contribution in [3.8, 4) is 0 Å². The highest BCUT2D eigenvalue weighted by molar-refractivity contribution is 6.07.